The SMILES string of the molecule is Cc1cc(SC(C)(C)C(=O)O)ncc1[N+](=O)[O-]. The zero-order valence-corrected chi connectivity index (χ0v) is 10.4. The molecule has 0 fully saturated rings. The van der Waals surface area contributed by atoms with E-state index in [2.05, 4.69) is 4.98 Å². The lowest BCUT2D eigenvalue weighted by Crippen LogP contribution is -2.27. The van der Waals surface area contributed by atoms with Crippen LogP contribution in [-0.2, 0) is 4.79 Å². The summed E-state index contributed by atoms with van der Waals surface area (Å²) < 4.78 is -1.02. The molecule has 0 aliphatic rings. The van der Waals surface area contributed by atoms with Crippen LogP contribution in [0.15, 0.2) is 17.3 Å². The Kier molecular flexibility index (Phi) is 3.72. The van der Waals surface area contributed by atoms with Crippen molar-refractivity contribution in [3.8, 4) is 0 Å². The second-order valence-corrected chi connectivity index (χ2v) is 5.63. The third kappa shape index (κ3) is 3.16. The molecule has 1 N–H and O–H groups in total. The zero-order chi connectivity index (χ0) is 13.2. The zero-order valence-electron chi connectivity index (χ0n) is 9.63. The lowest BCUT2D eigenvalue weighted by Gasteiger charge is -2.17. The molecule has 6 nitrogen and oxygen atoms in total. The van der Waals surface area contributed by atoms with E-state index in [9.17, 15) is 14.9 Å². The van der Waals surface area contributed by atoms with Crippen LogP contribution in [-0.4, -0.2) is 25.7 Å². The quantitative estimate of drug-likeness (QED) is 0.504. The number of hydrogen-bond acceptors (Lipinski definition) is 5. The molecule has 17 heavy (non-hydrogen) atoms. The van der Waals surface area contributed by atoms with Crippen molar-refractivity contribution in [2.75, 3.05) is 0 Å². The van der Waals surface area contributed by atoms with Crippen LogP contribution < -0.4 is 0 Å². The Labute approximate surface area is 102 Å². The van der Waals surface area contributed by atoms with Crippen LogP contribution in [0.4, 0.5) is 5.69 Å². The lowest BCUT2D eigenvalue weighted by molar-refractivity contribution is -0.385. The van der Waals surface area contributed by atoms with Gasteiger partial charge < -0.3 is 5.11 Å². The molecular weight excluding hydrogens is 244 g/mol. The first kappa shape index (κ1) is 13.4. The molecule has 92 valence electrons. The summed E-state index contributed by atoms with van der Waals surface area (Å²) in [7, 11) is 0. The third-order valence-electron chi connectivity index (χ3n) is 2.13. The maximum Gasteiger partial charge on any atom is 0.319 e. The van der Waals surface area contributed by atoms with Crippen LogP contribution in [0.3, 0.4) is 0 Å². The highest BCUT2D eigenvalue weighted by molar-refractivity contribution is 8.01. The summed E-state index contributed by atoms with van der Waals surface area (Å²) in [4.78, 5) is 24.9. The van der Waals surface area contributed by atoms with Crippen LogP contribution in [0.25, 0.3) is 0 Å². The predicted molar refractivity (Wildman–Crippen MR) is 63.2 cm³/mol. The van der Waals surface area contributed by atoms with Gasteiger partial charge in [-0.2, -0.15) is 0 Å². The Morgan fingerprint density at radius 3 is 2.59 bits per heavy atom. The van der Waals surface area contributed by atoms with Gasteiger partial charge in [0.25, 0.3) is 5.69 Å². The van der Waals surface area contributed by atoms with E-state index in [1.807, 2.05) is 0 Å². The maximum absolute atomic E-state index is 10.9. The van der Waals surface area contributed by atoms with Crippen molar-refractivity contribution in [3.05, 3.63) is 27.9 Å². The second-order valence-electron chi connectivity index (χ2n) is 3.98. The van der Waals surface area contributed by atoms with Gasteiger partial charge in [-0.05, 0) is 26.8 Å². The molecule has 0 saturated heterocycles. The van der Waals surface area contributed by atoms with Gasteiger partial charge in [0.15, 0.2) is 0 Å². The highest BCUT2D eigenvalue weighted by Crippen LogP contribution is 2.32. The number of carboxylic acid groups (broad SMARTS) is 1. The standard InChI is InChI=1S/C10H12N2O4S/c1-6-4-8(11-5-7(6)12(15)16)17-10(2,3)9(13)14/h4-5H,1-3H3,(H,13,14). The summed E-state index contributed by atoms with van der Waals surface area (Å²) in [6, 6.07) is 1.52. The first-order chi connectivity index (χ1) is 7.74. The topological polar surface area (TPSA) is 93.3 Å². The molecule has 0 unspecified atom stereocenters. The van der Waals surface area contributed by atoms with Gasteiger partial charge >= 0.3 is 5.97 Å². The molecule has 0 amide bonds. The van der Waals surface area contributed by atoms with Gasteiger partial charge in [-0.3, -0.25) is 14.9 Å². The Morgan fingerprint density at radius 1 is 1.59 bits per heavy atom. The minimum Gasteiger partial charge on any atom is -0.480 e. The number of hydrogen-bond donors (Lipinski definition) is 1. The van der Waals surface area contributed by atoms with Crippen molar-refractivity contribution in [1.29, 1.82) is 0 Å². The molecule has 0 bridgehead atoms. The summed E-state index contributed by atoms with van der Waals surface area (Å²) in [5.41, 5.74) is 0.399. The average molecular weight is 256 g/mol. The van der Waals surface area contributed by atoms with Crippen molar-refractivity contribution >= 4 is 23.4 Å². The number of pyridine rings is 1. The van der Waals surface area contributed by atoms with Crippen LogP contribution in [0, 0.1) is 17.0 Å². The minimum atomic E-state index is -1.02. The highest BCUT2D eigenvalue weighted by atomic mass is 32.2. The molecule has 0 radical (unpaired) electrons. The fourth-order valence-electron chi connectivity index (χ4n) is 1.08. The van der Waals surface area contributed by atoms with Crippen molar-refractivity contribution in [2.45, 2.75) is 30.5 Å². The molecule has 7 heteroatoms. The van der Waals surface area contributed by atoms with E-state index >= 15 is 0 Å². The number of aliphatic carboxylic acids is 1. The predicted octanol–water partition coefficient (Wildman–Crippen LogP) is 2.25. The summed E-state index contributed by atoms with van der Waals surface area (Å²) in [6.45, 7) is 4.70. The maximum atomic E-state index is 10.9. The molecule has 0 aliphatic heterocycles. The van der Waals surface area contributed by atoms with Crippen LogP contribution >= 0.6 is 11.8 Å². The Balaban J connectivity index is 2.99. The summed E-state index contributed by atoms with van der Waals surface area (Å²) in [6.07, 6.45) is 1.15. The van der Waals surface area contributed by atoms with E-state index in [0.717, 1.165) is 18.0 Å². The monoisotopic (exact) mass is 256 g/mol. The van der Waals surface area contributed by atoms with Crippen molar-refractivity contribution in [1.82, 2.24) is 4.98 Å². The number of nitrogens with zero attached hydrogens (tertiary/aromatic N) is 2. The highest BCUT2D eigenvalue weighted by Gasteiger charge is 2.29. The number of carboxylic acids is 1. The Morgan fingerprint density at radius 2 is 2.18 bits per heavy atom. The number of aromatic nitrogens is 1. The van der Waals surface area contributed by atoms with Gasteiger partial charge in [0.2, 0.25) is 0 Å². The summed E-state index contributed by atoms with van der Waals surface area (Å²) in [5, 5.41) is 20.0. The van der Waals surface area contributed by atoms with E-state index in [0.29, 0.717) is 10.6 Å². The minimum absolute atomic E-state index is 0.0671. The first-order valence-electron chi connectivity index (χ1n) is 4.77. The van der Waals surface area contributed by atoms with Gasteiger partial charge in [0, 0.05) is 5.56 Å². The van der Waals surface area contributed by atoms with Crippen LogP contribution in [0.5, 0.6) is 0 Å². The molecule has 1 heterocycles. The van der Waals surface area contributed by atoms with Crippen molar-refractivity contribution in [3.63, 3.8) is 0 Å². The van der Waals surface area contributed by atoms with E-state index in [1.165, 1.54) is 6.07 Å². The first-order valence-corrected chi connectivity index (χ1v) is 5.59. The van der Waals surface area contributed by atoms with Crippen molar-refractivity contribution < 1.29 is 14.8 Å². The molecular formula is C10H12N2O4S. The molecule has 0 atom stereocenters. The number of thioether (sulfide) groups is 1. The number of aryl methyl sites for hydroxylation is 1. The molecule has 1 rings (SSSR count). The van der Waals surface area contributed by atoms with Gasteiger partial charge in [0.1, 0.15) is 10.9 Å². The fourth-order valence-corrected chi connectivity index (χ4v) is 2.03. The smallest absolute Gasteiger partial charge is 0.319 e. The number of carbonyl (C=O) groups is 1. The van der Waals surface area contributed by atoms with Crippen LogP contribution in [0.1, 0.15) is 19.4 Å². The third-order valence-corrected chi connectivity index (χ3v) is 3.25. The molecule has 0 spiro atoms. The van der Waals surface area contributed by atoms with Gasteiger partial charge in [-0.1, -0.05) is 11.8 Å². The second kappa shape index (κ2) is 4.70. The van der Waals surface area contributed by atoms with E-state index in [-0.39, 0.29) is 5.69 Å². The molecule has 1 aromatic heterocycles. The Hall–Kier alpha value is -1.63. The van der Waals surface area contributed by atoms with E-state index < -0.39 is 15.6 Å². The van der Waals surface area contributed by atoms with E-state index in [4.69, 9.17) is 5.11 Å². The summed E-state index contributed by atoms with van der Waals surface area (Å²) in [5.74, 6) is -0.958. The summed E-state index contributed by atoms with van der Waals surface area (Å²) >= 11 is 1.06. The number of rotatable bonds is 4. The number of nitro groups is 1. The largest absolute Gasteiger partial charge is 0.480 e. The molecule has 0 saturated carbocycles. The Bertz CT molecular complexity index is 473. The van der Waals surface area contributed by atoms with Crippen molar-refractivity contribution in [2.24, 2.45) is 0 Å². The molecule has 0 aliphatic carbocycles. The van der Waals surface area contributed by atoms with Gasteiger partial charge in [0.05, 0.1) is 9.95 Å². The normalized spacial score (nSPS) is 11.2. The van der Waals surface area contributed by atoms with Gasteiger partial charge in [-0.15, -0.1) is 0 Å². The average Bonchev–Trinajstić information content (AvgIpc) is 2.15. The lowest BCUT2D eigenvalue weighted by atomic mass is 10.2. The van der Waals surface area contributed by atoms with E-state index in [1.54, 1.807) is 20.8 Å². The molecule has 1 aromatic rings. The van der Waals surface area contributed by atoms with Crippen LogP contribution in [0.2, 0.25) is 0 Å². The van der Waals surface area contributed by atoms with Gasteiger partial charge in [-0.25, -0.2) is 4.98 Å². The molecule has 0 aromatic carbocycles. The fraction of sp³-hybridized carbons (Fsp3) is 0.400.